The monoisotopic (exact) mass is 240 g/mol. The summed E-state index contributed by atoms with van der Waals surface area (Å²) < 4.78 is 5.66. The Bertz CT molecular complexity index is 198. The van der Waals surface area contributed by atoms with Gasteiger partial charge in [-0.1, -0.05) is 0 Å². The molecule has 0 spiro atoms. The minimum Gasteiger partial charge on any atom is -0.378 e. The molecule has 3 heteroatoms. The molecule has 0 aliphatic carbocycles. The average Bonchev–Trinajstić information content (AvgIpc) is 2.83. The molecule has 2 rings (SSSR count). The van der Waals surface area contributed by atoms with E-state index in [1.165, 1.54) is 64.7 Å². The molecule has 0 aromatic heterocycles. The fourth-order valence-electron chi connectivity index (χ4n) is 3.07. The van der Waals surface area contributed by atoms with E-state index in [0.717, 1.165) is 12.5 Å². The van der Waals surface area contributed by atoms with Crippen molar-refractivity contribution in [3.05, 3.63) is 0 Å². The van der Waals surface area contributed by atoms with Gasteiger partial charge in [-0.15, -0.1) is 0 Å². The van der Waals surface area contributed by atoms with Gasteiger partial charge in [0.25, 0.3) is 0 Å². The lowest BCUT2D eigenvalue weighted by molar-refractivity contribution is 0.0989. The van der Waals surface area contributed by atoms with Gasteiger partial charge in [0.05, 0.1) is 6.10 Å². The summed E-state index contributed by atoms with van der Waals surface area (Å²) in [7, 11) is 2.27. The molecule has 2 atom stereocenters. The van der Waals surface area contributed by atoms with Crippen molar-refractivity contribution >= 4 is 0 Å². The molecular weight excluding hydrogens is 212 g/mol. The zero-order valence-electron chi connectivity index (χ0n) is 11.3. The Kier molecular flexibility index (Phi) is 5.75. The third-order valence-corrected chi connectivity index (χ3v) is 4.06. The van der Waals surface area contributed by atoms with E-state index < -0.39 is 0 Å². The van der Waals surface area contributed by atoms with Crippen molar-refractivity contribution in [3.63, 3.8) is 0 Å². The maximum Gasteiger partial charge on any atom is 0.0576 e. The molecule has 17 heavy (non-hydrogen) atoms. The second-order valence-corrected chi connectivity index (χ2v) is 5.75. The number of hydrogen-bond acceptors (Lipinski definition) is 3. The van der Waals surface area contributed by atoms with Crippen molar-refractivity contribution < 1.29 is 4.74 Å². The number of hydrogen-bond donors (Lipinski definition) is 1. The van der Waals surface area contributed by atoms with Crippen LogP contribution >= 0.6 is 0 Å². The second kappa shape index (κ2) is 7.34. The van der Waals surface area contributed by atoms with E-state index in [1.54, 1.807) is 0 Å². The molecule has 0 radical (unpaired) electrons. The smallest absolute Gasteiger partial charge is 0.0576 e. The number of nitrogens with zero attached hydrogens (tertiary/aromatic N) is 1. The molecule has 0 aromatic carbocycles. The van der Waals surface area contributed by atoms with E-state index in [1.807, 2.05) is 0 Å². The second-order valence-electron chi connectivity index (χ2n) is 5.75. The van der Waals surface area contributed by atoms with Gasteiger partial charge in [0.1, 0.15) is 0 Å². The van der Waals surface area contributed by atoms with Crippen LogP contribution in [0.5, 0.6) is 0 Å². The molecule has 2 aliphatic rings. The lowest BCUT2D eigenvalue weighted by Crippen LogP contribution is -2.37. The predicted octanol–water partition coefficient (Wildman–Crippen LogP) is 1.88. The molecule has 0 amide bonds. The first-order chi connectivity index (χ1) is 8.34. The molecular formula is C14H28N2O. The maximum absolute atomic E-state index is 5.66. The van der Waals surface area contributed by atoms with Crippen LogP contribution in [0.4, 0.5) is 0 Å². The molecule has 2 fully saturated rings. The lowest BCUT2D eigenvalue weighted by Gasteiger charge is -2.27. The normalized spacial score (nSPS) is 30.0. The van der Waals surface area contributed by atoms with Crippen LogP contribution in [-0.4, -0.2) is 50.8 Å². The quantitative estimate of drug-likeness (QED) is 0.767. The minimum absolute atomic E-state index is 0.569. The Labute approximate surface area is 106 Å². The zero-order chi connectivity index (χ0) is 11.9. The first-order valence-electron chi connectivity index (χ1n) is 7.35. The van der Waals surface area contributed by atoms with Gasteiger partial charge in [-0.3, -0.25) is 0 Å². The van der Waals surface area contributed by atoms with Gasteiger partial charge in [0.15, 0.2) is 0 Å². The third kappa shape index (κ3) is 4.94. The first-order valence-corrected chi connectivity index (χ1v) is 7.35. The zero-order valence-corrected chi connectivity index (χ0v) is 11.3. The summed E-state index contributed by atoms with van der Waals surface area (Å²) in [5.74, 6) is 0.872. The van der Waals surface area contributed by atoms with Crippen LogP contribution in [0, 0.1) is 5.92 Å². The van der Waals surface area contributed by atoms with Crippen molar-refractivity contribution in [1.29, 1.82) is 0 Å². The van der Waals surface area contributed by atoms with Crippen molar-refractivity contribution in [2.75, 3.05) is 39.8 Å². The molecule has 1 N–H and O–H groups in total. The van der Waals surface area contributed by atoms with E-state index in [2.05, 4.69) is 17.3 Å². The van der Waals surface area contributed by atoms with Crippen LogP contribution in [0.2, 0.25) is 0 Å². The van der Waals surface area contributed by atoms with Gasteiger partial charge in [-0.2, -0.15) is 0 Å². The maximum atomic E-state index is 5.66. The molecule has 0 bridgehead atoms. The summed E-state index contributed by atoms with van der Waals surface area (Å²) in [4.78, 5) is 2.51. The summed E-state index contributed by atoms with van der Waals surface area (Å²) in [5, 5.41) is 3.49. The Balaban J connectivity index is 1.52. The van der Waals surface area contributed by atoms with Crippen LogP contribution in [-0.2, 0) is 4.74 Å². The summed E-state index contributed by atoms with van der Waals surface area (Å²) >= 11 is 0. The Morgan fingerprint density at radius 1 is 1.29 bits per heavy atom. The Hall–Kier alpha value is -0.120. The highest BCUT2D eigenvalue weighted by Crippen LogP contribution is 2.17. The van der Waals surface area contributed by atoms with E-state index in [9.17, 15) is 0 Å². The number of ether oxygens (including phenoxy) is 1. The minimum atomic E-state index is 0.569. The highest BCUT2D eigenvalue weighted by molar-refractivity contribution is 4.72. The highest BCUT2D eigenvalue weighted by Gasteiger charge is 2.17. The van der Waals surface area contributed by atoms with Gasteiger partial charge in [0.2, 0.25) is 0 Å². The summed E-state index contributed by atoms with van der Waals surface area (Å²) in [6, 6.07) is 0. The van der Waals surface area contributed by atoms with Crippen molar-refractivity contribution in [2.24, 2.45) is 5.92 Å². The van der Waals surface area contributed by atoms with E-state index >= 15 is 0 Å². The summed E-state index contributed by atoms with van der Waals surface area (Å²) in [6.45, 7) is 5.93. The molecule has 2 heterocycles. The van der Waals surface area contributed by atoms with E-state index in [4.69, 9.17) is 4.74 Å². The van der Waals surface area contributed by atoms with Crippen LogP contribution in [0.25, 0.3) is 0 Å². The van der Waals surface area contributed by atoms with Crippen molar-refractivity contribution in [1.82, 2.24) is 10.2 Å². The first kappa shape index (κ1) is 13.3. The van der Waals surface area contributed by atoms with Crippen LogP contribution < -0.4 is 5.32 Å². The van der Waals surface area contributed by atoms with Crippen molar-refractivity contribution in [2.45, 2.75) is 44.6 Å². The molecule has 100 valence electrons. The summed E-state index contributed by atoms with van der Waals surface area (Å²) in [6.07, 6.45) is 8.44. The standard InChI is InChI=1S/C14H28N2O/c1-16(12-13-5-2-8-15-11-13)9-3-6-14-7-4-10-17-14/h13-15H,2-12H2,1H3. The third-order valence-electron chi connectivity index (χ3n) is 4.06. The lowest BCUT2D eigenvalue weighted by atomic mass is 9.99. The molecule has 3 nitrogen and oxygen atoms in total. The Morgan fingerprint density at radius 3 is 2.94 bits per heavy atom. The predicted molar refractivity (Wildman–Crippen MR) is 71.3 cm³/mol. The molecule has 0 saturated carbocycles. The van der Waals surface area contributed by atoms with Gasteiger partial charge < -0.3 is 15.0 Å². The fourth-order valence-corrected chi connectivity index (χ4v) is 3.07. The molecule has 0 aromatic rings. The van der Waals surface area contributed by atoms with E-state index in [0.29, 0.717) is 6.10 Å². The fraction of sp³-hybridized carbons (Fsp3) is 1.00. The van der Waals surface area contributed by atoms with Gasteiger partial charge in [-0.25, -0.2) is 0 Å². The van der Waals surface area contributed by atoms with Crippen LogP contribution in [0.1, 0.15) is 38.5 Å². The average molecular weight is 240 g/mol. The molecule has 2 aliphatic heterocycles. The largest absolute Gasteiger partial charge is 0.378 e. The van der Waals surface area contributed by atoms with Gasteiger partial charge in [0, 0.05) is 13.2 Å². The van der Waals surface area contributed by atoms with Crippen LogP contribution in [0.15, 0.2) is 0 Å². The molecule has 2 unspecified atom stereocenters. The number of rotatable bonds is 6. The van der Waals surface area contributed by atoms with Gasteiger partial charge >= 0.3 is 0 Å². The SMILES string of the molecule is CN(CCCC1CCCO1)CC1CCCNC1. The molecule has 2 saturated heterocycles. The van der Waals surface area contributed by atoms with Gasteiger partial charge in [-0.05, 0) is 71.1 Å². The Morgan fingerprint density at radius 2 is 2.24 bits per heavy atom. The number of piperidine rings is 1. The number of nitrogens with one attached hydrogen (secondary N) is 1. The highest BCUT2D eigenvalue weighted by atomic mass is 16.5. The van der Waals surface area contributed by atoms with Crippen molar-refractivity contribution in [3.8, 4) is 0 Å². The van der Waals surface area contributed by atoms with E-state index in [-0.39, 0.29) is 0 Å². The van der Waals surface area contributed by atoms with Crippen LogP contribution in [0.3, 0.4) is 0 Å². The topological polar surface area (TPSA) is 24.5 Å². The summed E-state index contributed by atoms with van der Waals surface area (Å²) in [5.41, 5.74) is 0.